The number of hydrogen-bond donors (Lipinski definition) is 1. The zero-order chi connectivity index (χ0) is 22.8. The molecule has 0 bridgehead atoms. The van der Waals surface area contributed by atoms with E-state index >= 15 is 0 Å². The van der Waals surface area contributed by atoms with E-state index < -0.39 is 11.8 Å². The van der Waals surface area contributed by atoms with Crippen molar-refractivity contribution in [1.82, 2.24) is 14.8 Å². The number of amides is 2. The zero-order valence-corrected chi connectivity index (χ0v) is 19.7. The third-order valence-corrected chi connectivity index (χ3v) is 6.98. The van der Waals surface area contributed by atoms with E-state index in [0.29, 0.717) is 10.8 Å². The van der Waals surface area contributed by atoms with Gasteiger partial charge in [0.05, 0.1) is 5.03 Å². The molecule has 0 unspecified atom stereocenters. The van der Waals surface area contributed by atoms with Gasteiger partial charge in [0, 0.05) is 40.8 Å². The molecule has 2 amide bonds. The summed E-state index contributed by atoms with van der Waals surface area (Å²) >= 11 is 12.8. The molecule has 1 saturated heterocycles. The Morgan fingerprint density at radius 2 is 1.88 bits per heavy atom. The Balaban J connectivity index is 1.78. The average molecular weight is 482 g/mol. The van der Waals surface area contributed by atoms with Gasteiger partial charge < -0.3 is 4.57 Å². The first-order chi connectivity index (χ1) is 15.4. The topological polar surface area (TPSA) is 54.3 Å². The number of hydrogen-bond acceptors (Lipinski definition) is 4. The molecule has 0 aliphatic carbocycles. The van der Waals surface area contributed by atoms with Crippen LogP contribution in [0.15, 0.2) is 71.8 Å². The Hall–Kier alpha value is -2.87. The van der Waals surface area contributed by atoms with Gasteiger partial charge in [-0.3, -0.25) is 19.8 Å². The van der Waals surface area contributed by atoms with Gasteiger partial charge in [0.25, 0.3) is 11.8 Å². The Bertz CT molecular complexity index is 1280. The number of aryl methyl sites for hydroxylation is 1. The number of para-hydroxylation sites is 1. The molecule has 2 aromatic carbocycles. The molecule has 8 heteroatoms. The zero-order valence-electron chi connectivity index (χ0n) is 17.3. The number of thiocarbonyl (C=S) groups is 1. The van der Waals surface area contributed by atoms with Crippen molar-refractivity contribution in [2.45, 2.75) is 10.8 Å². The molecule has 5 nitrogen and oxygen atoms in total. The van der Waals surface area contributed by atoms with Crippen molar-refractivity contribution in [3.63, 3.8) is 0 Å². The number of nitrogens with one attached hydrogen (secondary N) is 1. The summed E-state index contributed by atoms with van der Waals surface area (Å²) in [6.07, 6.45) is 3.24. The molecule has 3 aromatic rings. The summed E-state index contributed by atoms with van der Waals surface area (Å²) in [5, 5.41) is 5.31. The number of aromatic nitrogens is 1. The van der Waals surface area contributed by atoms with Crippen LogP contribution in [0.5, 0.6) is 0 Å². The maximum absolute atomic E-state index is 13.0. The number of halogens is 1. The van der Waals surface area contributed by atoms with Gasteiger partial charge in [-0.05, 0) is 42.1 Å². The second-order valence-electron chi connectivity index (χ2n) is 7.23. The molecule has 0 atom stereocenters. The lowest BCUT2D eigenvalue weighted by atomic mass is 10.1. The van der Waals surface area contributed by atoms with Crippen LogP contribution in [0.2, 0.25) is 5.02 Å². The van der Waals surface area contributed by atoms with Crippen molar-refractivity contribution in [2.75, 3.05) is 6.54 Å². The Morgan fingerprint density at radius 1 is 1.16 bits per heavy atom. The van der Waals surface area contributed by atoms with Crippen LogP contribution >= 0.6 is 35.6 Å². The lowest BCUT2D eigenvalue weighted by Crippen LogP contribution is -2.53. The summed E-state index contributed by atoms with van der Waals surface area (Å²) in [5.74, 6) is -0.216. The monoisotopic (exact) mass is 481 g/mol. The van der Waals surface area contributed by atoms with E-state index in [0.717, 1.165) is 27.1 Å². The Kier molecular flexibility index (Phi) is 6.50. The van der Waals surface area contributed by atoms with Crippen LogP contribution in [0, 0.1) is 0 Å². The standard InChI is InChI=1S/C24H20ClN3O2S2/c1-3-12-28-22(30)19(21(29)26-24(28)31)13-18-17-6-4-5-7-20(17)27(2)23(18)32-14-15-8-10-16(25)11-9-15/h3-11,13H,1,12,14H2,2H3,(H,26,29,31). The van der Waals surface area contributed by atoms with Crippen molar-refractivity contribution in [1.29, 1.82) is 0 Å². The molecule has 1 aliphatic rings. The predicted molar refractivity (Wildman–Crippen MR) is 135 cm³/mol. The van der Waals surface area contributed by atoms with Crippen LogP contribution < -0.4 is 5.32 Å². The quantitative estimate of drug-likeness (QED) is 0.178. The minimum Gasteiger partial charge on any atom is -0.338 e. The van der Waals surface area contributed by atoms with E-state index in [-0.39, 0.29) is 17.2 Å². The maximum atomic E-state index is 13.0. The molecule has 4 rings (SSSR count). The number of thioether (sulfide) groups is 1. The first kappa shape index (κ1) is 22.3. The molecule has 162 valence electrons. The van der Waals surface area contributed by atoms with Crippen molar-refractivity contribution in [3.05, 3.63) is 82.9 Å². The van der Waals surface area contributed by atoms with E-state index in [2.05, 4.69) is 16.5 Å². The van der Waals surface area contributed by atoms with Crippen LogP contribution in [0.3, 0.4) is 0 Å². The van der Waals surface area contributed by atoms with Crippen molar-refractivity contribution in [2.24, 2.45) is 7.05 Å². The summed E-state index contributed by atoms with van der Waals surface area (Å²) in [5.41, 5.74) is 3.01. The third kappa shape index (κ3) is 4.24. The molecule has 1 N–H and O–H groups in total. The number of carbonyl (C=O) groups is 2. The van der Waals surface area contributed by atoms with E-state index in [9.17, 15) is 9.59 Å². The maximum Gasteiger partial charge on any atom is 0.265 e. The largest absolute Gasteiger partial charge is 0.338 e. The summed E-state index contributed by atoms with van der Waals surface area (Å²) in [4.78, 5) is 27.0. The van der Waals surface area contributed by atoms with E-state index in [1.54, 1.807) is 23.9 Å². The molecular weight excluding hydrogens is 462 g/mol. The molecule has 0 spiro atoms. The summed E-state index contributed by atoms with van der Waals surface area (Å²) in [6.45, 7) is 3.89. The average Bonchev–Trinajstić information content (AvgIpc) is 3.05. The van der Waals surface area contributed by atoms with Gasteiger partial charge in [-0.1, -0.05) is 48.0 Å². The highest BCUT2D eigenvalue weighted by molar-refractivity contribution is 7.98. The van der Waals surface area contributed by atoms with Crippen LogP contribution in [-0.2, 0) is 22.4 Å². The number of rotatable bonds is 6. The molecule has 2 heterocycles. The van der Waals surface area contributed by atoms with Gasteiger partial charge in [0.15, 0.2) is 5.11 Å². The van der Waals surface area contributed by atoms with Gasteiger partial charge in [0.1, 0.15) is 5.57 Å². The lowest BCUT2D eigenvalue weighted by molar-refractivity contribution is -0.128. The van der Waals surface area contributed by atoms with Gasteiger partial charge in [-0.2, -0.15) is 0 Å². The second-order valence-corrected chi connectivity index (χ2v) is 9.02. The molecule has 0 saturated carbocycles. The van der Waals surface area contributed by atoms with Crippen LogP contribution in [0.25, 0.3) is 17.0 Å². The normalized spacial score (nSPS) is 15.5. The van der Waals surface area contributed by atoms with Crippen LogP contribution in [0.1, 0.15) is 11.1 Å². The van der Waals surface area contributed by atoms with Gasteiger partial charge in [-0.25, -0.2) is 0 Å². The highest BCUT2D eigenvalue weighted by Crippen LogP contribution is 2.36. The SMILES string of the molecule is C=CCN1C(=O)C(=Cc2c(SCc3ccc(Cl)cc3)n(C)c3ccccc23)C(=O)NC1=S. The summed E-state index contributed by atoms with van der Waals surface area (Å²) in [7, 11) is 1.98. The number of fused-ring (bicyclic) bond motifs is 1. The fourth-order valence-electron chi connectivity index (χ4n) is 3.58. The van der Waals surface area contributed by atoms with E-state index in [1.165, 1.54) is 4.90 Å². The molecule has 1 fully saturated rings. The van der Waals surface area contributed by atoms with E-state index in [4.69, 9.17) is 23.8 Å². The molecule has 32 heavy (non-hydrogen) atoms. The smallest absolute Gasteiger partial charge is 0.265 e. The molecule has 1 aromatic heterocycles. The first-order valence-electron chi connectivity index (χ1n) is 9.85. The minimum absolute atomic E-state index is 0.0464. The molecular formula is C24H20ClN3O2S2. The van der Waals surface area contributed by atoms with E-state index in [1.807, 2.05) is 55.6 Å². The highest BCUT2D eigenvalue weighted by atomic mass is 35.5. The van der Waals surface area contributed by atoms with Gasteiger partial charge in [0.2, 0.25) is 0 Å². The second kappa shape index (κ2) is 9.32. The molecule has 1 aliphatic heterocycles. The van der Waals surface area contributed by atoms with Crippen LogP contribution in [-0.4, -0.2) is 32.9 Å². The fourth-order valence-corrected chi connectivity index (χ4v) is 5.07. The van der Waals surface area contributed by atoms with Crippen molar-refractivity contribution in [3.8, 4) is 0 Å². The van der Waals surface area contributed by atoms with Gasteiger partial charge >= 0.3 is 0 Å². The third-order valence-electron chi connectivity index (χ3n) is 5.17. The number of benzene rings is 2. The Labute approximate surface area is 200 Å². The van der Waals surface area contributed by atoms with Crippen molar-refractivity contribution >= 4 is 69.5 Å². The molecule has 0 radical (unpaired) electrons. The predicted octanol–water partition coefficient (Wildman–Crippen LogP) is 4.94. The Morgan fingerprint density at radius 3 is 2.59 bits per heavy atom. The fraction of sp³-hybridized carbons (Fsp3) is 0.125. The summed E-state index contributed by atoms with van der Waals surface area (Å²) < 4.78 is 2.08. The van der Waals surface area contributed by atoms with Gasteiger partial charge in [-0.15, -0.1) is 18.3 Å². The first-order valence-corrected chi connectivity index (χ1v) is 11.6. The number of carbonyl (C=O) groups excluding carboxylic acids is 2. The van der Waals surface area contributed by atoms with Crippen LogP contribution in [0.4, 0.5) is 0 Å². The minimum atomic E-state index is -0.498. The van der Waals surface area contributed by atoms with Crippen molar-refractivity contribution < 1.29 is 9.59 Å². The lowest BCUT2D eigenvalue weighted by Gasteiger charge is -2.27. The number of nitrogens with zero attached hydrogens (tertiary/aromatic N) is 2. The highest BCUT2D eigenvalue weighted by Gasteiger charge is 2.33. The summed E-state index contributed by atoms with van der Waals surface area (Å²) in [6, 6.07) is 15.6.